The monoisotopic (exact) mass is 411 g/mol. The minimum atomic E-state index is -3.77. The Morgan fingerprint density at radius 3 is 2.72 bits per heavy atom. The van der Waals surface area contributed by atoms with Crippen molar-refractivity contribution < 1.29 is 13.5 Å². The van der Waals surface area contributed by atoms with Crippen LogP contribution in [-0.2, 0) is 10.0 Å². The van der Waals surface area contributed by atoms with E-state index in [0.717, 1.165) is 25.0 Å². The summed E-state index contributed by atoms with van der Waals surface area (Å²) < 4.78 is 29.6. The van der Waals surface area contributed by atoms with E-state index < -0.39 is 16.1 Å². The van der Waals surface area contributed by atoms with Crippen molar-refractivity contribution >= 4 is 32.1 Å². The van der Waals surface area contributed by atoms with Crippen LogP contribution in [0.5, 0.6) is 0 Å². The van der Waals surface area contributed by atoms with Gasteiger partial charge in [0.15, 0.2) is 5.65 Å². The molecular formula is C20H21N5O3S. The summed E-state index contributed by atoms with van der Waals surface area (Å²) >= 11 is 0. The van der Waals surface area contributed by atoms with E-state index in [1.165, 1.54) is 10.2 Å². The largest absolute Gasteiger partial charge is 0.385 e. The molecule has 0 saturated carbocycles. The van der Waals surface area contributed by atoms with Crippen LogP contribution in [0.25, 0.3) is 22.1 Å². The van der Waals surface area contributed by atoms with Crippen molar-refractivity contribution in [3.63, 3.8) is 0 Å². The van der Waals surface area contributed by atoms with E-state index in [4.69, 9.17) is 0 Å². The number of aliphatic hydroxyl groups is 1. The second-order valence-electron chi connectivity index (χ2n) is 7.32. The normalized spacial score (nSPS) is 18.6. The van der Waals surface area contributed by atoms with Crippen LogP contribution in [0.1, 0.15) is 31.3 Å². The van der Waals surface area contributed by atoms with Gasteiger partial charge in [-0.3, -0.25) is 0 Å². The first-order valence-corrected chi connectivity index (χ1v) is 11.0. The van der Waals surface area contributed by atoms with Gasteiger partial charge in [-0.15, -0.1) is 0 Å². The van der Waals surface area contributed by atoms with Gasteiger partial charge < -0.3 is 15.0 Å². The highest BCUT2D eigenvalue weighted by molar-refractivity contribution is 7.90. The molecule has 3 aromatic heterocycles. The third-order valence-electron chi connectivity index (χ3n) is 5.43. The molecule has 2 unspecified atom stereocenters. The van der Waals surface area contributed by atoms with Crippen molar-refractivity contribution in [2.75, 3.05) is 13.1 Å². The highest BCUT2D eigenvalue weighted by Crippen LogP contribution is 2.33. The van der Waals surface area contributed by atoms with Gasteiger partial charge in [-0.1, -0.05) is 18.2 Å². The fraction of sp³-hybridized carbons (Fsp3) is 0.300. The molecule has 2 atom stereocenters. The summed E-state index contributed by atoms with van der Waals surface area (Å²) in [6.07, 6.45) is 3.29. The number of nitrogens with zero attached hydrogens (tertiary/aromatic N) is 4. The molecule has 0 aliphatic carbocycles. The van der Waals surface area contributed by atoms with Crippen molar-refractivity contribution in [3.8, 4) is 0 Å². The van der Waals surface area contributed by atoms with Crippen molar-refractivity contribution in [2.24, 2.45) is 0 Å². The van der Waals surface area contributed by atoms with E-state index in [-0.39, 0.29) is 10.9 Å². The molecule has 150 valence electrons. The predicted octanol–water partition coefficient (Wildman–Crippen LogP) is 2.21. The van der Waals surface area contributed by atoms with Crippen LogP contribution in [-0.4, -0.2) is 45.1 Å². The van der Waals surface area contributed by atoms with Gasteiger partial charge in [0.1, 0.15) is 17.4 Å². The van der Waals surface area contributed by atoms with Crippen LogP contribution in [0.3, 0.4) is 0 Å². The maximum Gasteiger partial charge on any atom is 0.269 e. The summed E-state index contributed by atoms with van der Waals surface area (Å²) in [5, 5.41) is 14.3. The fourth-order valence-electron chi connectivity index (χ4n) is 4.09. The molecule has 4 aromatic rings. The topological polar surface area (TPSA) is 102 Å². The first-order valence-electron chi connectivity index (χ1n) is 9.56. The maximum atomic E-state index is 13.2. The number of benzene rings is 1. The van der Waals surface area contributed by atoms with Crippen molar-refractivity contribution in [1.82, 2.24) is 23.8 Å². The van der Waals surface area contributed by atoms with Crippen LogP contribution < -0.4 is 5.32 Å². The molecular weight excluding hydrogens is 390 g/mol. The zero-order valence-electron chi connectivity index (χ0n) is 15.9. The average Bonchev–Trinajstić information content (AvgIpc) is 3.44. The lowest BCUT2D eigenvalue weighted by atomic mass is 10.2. The standard InChI is InChI=1S/C20H21N5O3S/c1-13(26)19-23-17-12-22-20-16(18(17)25(19)14-7-9-21-11-14)8-10-24(20)29(27,28)15-5-3-2-4-6-15/h2-6,8,10,12-14,21,26H,7,9,11H2,1H3. The highest BCUT2D eigenvalue weighted by atomic mass is 32.2. The van der Waals surface area contributed by atoms with E-state index in [2.05, 4.69) is 15.3 Å². The van der Waals surface area contributed by atoms with Crippen molar-refractivity contribution in [2.45, 2.75) is 30.4 Å². The van der Waals surface area contributed by atoms with Gasteiger partial charge >= 0.3 is 0 Å². The van der Waals surface area contributed by atoms with Crippen molar-refractivity contribution in [3.05, 3.63) is 54.6 Å². The SMILES string of the molecule is CC(O)c1nc2cnc3c(ccn3S(=O)(=O)c3ccccc3)c2n1C1CCNC1. The number of rotatable bonds is 4. The molecule has 0 bridgehead atoms. The van der Waals surface area contributed by atoms with E-state index in [1.807, 2.05) is 4.57 Å². The highest BCUT2D eigenvalue weighted by Gasteiger charge is 2.27. The molecule has 2 N–H and O–H groups in total. The molecule has 1 fully saturated rings. The van der Waals surface area contributed by atoms with Gasteiger partial charge in [-0.2, -0.15) is 0 Å². The van der Waals surface area contributed by atoms with Crippen molar-refractivity contribution in [1.29, 1.82) is 0 Å². The molecule has 1 saturated heterocycles. The van der Waals surface area contributed by atoms with Gasteiger partial charge in [0.05, 0.1) is 16.6 Å². The molecule has 5 rings (SSSR count). The number of aromatic nitrogens is 4. The number of aliphatic hydroxyl groups excluding tert-OH is 1. The van der Waals surface area contributed by atoms with Gasteiger partial charge in [0, 0.05) is 24.2 Å². The summed E-state index contributed by atoms with van der Waals surface area (Å²) in [5.74, 6) is 0.571. The van der Waals surface area contributed by atoms with E-state index >= 15 is 0 Å². The second kappa shape index (κ2) is 6.65. The Morgan fingerprint density at radius 1 is 1.24 bits per heavy atom. The third-order valence-corrected chi connectivity index (χ3v) is 7.11. The zero-order chi connectivity index (χ0) is 20.2. The molecule has 0 spiro atoms. The number of nitrogens with one attached hydrogen (secondary N) is 1. The number of hydrogen-bond acceptors (Lipinski definition) is 6. The second-order valence-corrected chi connectivity index (χ2v) is 9.14. The number of hydrogen-bond donors (Lipinski definition) is 2. The Hall–Kier alpha value is -2.75. The lowest BCUT2D eigenvalue weighted by molar-refractivity contribution is 0.182. The summed E-state index contributed by atoms with van der Waals surface area (Å²) in [7, 11) is -3.77. The van der Waals surface area contributed by atoms with Crippen LogP contribution in [0.2, 0.25) is 0 Å². The summed E-state index contributed by atoms with van der Waals surface area (Å²) in [6.45, 7) is 3.36. The molecule has 0 radical (unpaired) electrons. The average molecular weight is 411 g/mol. The Morgan fingerprint density at radius 2 is 2.03 bits per heavy atom. The van der Waals surface area contributed by atoms with E-state index in [0.29, 0.717) is 22.4 Å². The Bertz CT molecular complexity index is 1300. The molecule has 8 nitrogen and oxygen atoms in total. The van der Waals surface area contributed by atoms with Gasteiger partial charge in [-0.05, 0) is 38.1 Å². The smallest absolute Gasteiger partial charge is 0.269 e. The Labute approximate surface area is 167 Å². The van der Waals surface area contributed by atoms with Crippen LogP contribution in [0.15, 0.2) is 53.7 Å². The first kappa shape index (κ1) is 18.3. The molecule has 0 amide bonds. The quantitative estimate of drug-likeness (QED) is 0.534. The molecule has 29 heavy (non-hydrogen) atoms. The minimum Gasteiger partial charge on any atom is -0.385 e. The number of fused-ring (bicyclic) bond motifs is 3. The first-order chi connectivity index (χ1) is 14.0. The fourth-order valence-corrected chi connectivity index (χ4v) is 5.41. The van der Waals surface area contributed by atoms with E-state index in [1.54, 1.807) is 49.5 Å². The van der Waals surface area contributed by atoms with E-state index in [9.17, 15) is 13.5 Å². The zero-order valence-corrected chi connectivity index (χ0v) is 16.7. The van der Waals surface area contributed by atoms with Crippen LogP contribution >= 0.6 is 0 Å². The molecule has 9 heteroatoms. The van der Waals surface area contributed by atoms with Gasteiger partial charge in [0.25, 0.3) is 10.0 Å². The van der Waals surface area contributed by atoms with Crippen LogP contribution in [0.4, 0.5) is 0 Å². The van der Waals surface area contributed by atoms with Gasteiger partial charge in [-0.25, -0.2) is 22.4 Å². The van der Waals surface area contributed by atoms with Gasteiger partial charge in [0.2, 0.25) is 0 Å². The lowest BCUT2D eigenvalue weighted by Gasteiger charge is -2.17. The predicted molar refractivity (Wildman–Crippen MR) is 109 cm³/mol. The Kier molecular flexibility index (Phi) is 4.19. The maximum absolute atomic E-state index is 13.2. The molecule has 1 aromatic carbocycles. The molecule has 1 aliphatic heterocycles. The molecule has 1 aliphatic rings. The number of pyridine rings is 1. The third kappa shape index (κ3) is 2.77. The minimum absolute atomic E-state index is 0.143. The Balaban J connectivity index is 1.79. The number of imidazole rings is 1. The summed E-state index contributed by atoms with van der Waals surface area (Å²) in [5.41, 5.74) is 1.81. The lowest BCUT2D eigenvalue weighted by Crippen LogP contribution is -2.17. The van der Waals surface area contributed by atoms with Crippen LogP contribution in [0, 0.1) is 0 Å². The summed E-state index contributed by atoms with van der Waals surface area (Å²) in [4.78, 5) is 9.22. The summed E-state index contributed by atoms with van der Waals surface area (Å²) in [6, 6.07) is 10.2. The molecule has 4 heterocycles.